The average molecular weight is 397 g/mol. The van der Waals surface area contributed by atoms with Crippen LogP contribution in [0, 0.1) is 32.6 Å². The van der Waals surface area contributed by atoms with E-state index in [0.29, 0.717) is 5.56 Å². The Morgan fingerprint density at radius 1 is 1.07 bits per heavy atom. The molecule has 1 fully saturated rings. The molecule has 3 unspecified atom stereocenters. The van der Waals surface area contributed by atoms with Crippen molar-refractivity contribution in [1.82, 2.24) is 0 Å². The lowest BCUT2D eigenvalue weighted by atomic mass is 9.82. The number of hydrogen-bond donors (Lipinski definition) is 0. The fourth-order valence-electron chi connectivity index (χ4n) is 3.73. The smallest absolute Gasteiger partial charge is 0.352 e. The zero-order valence-electron chi connectivity index (χ0n) is 16.7. The number of hydrogen-bond acceptors (Lipinski definition) is 6. The van der Waals surface area contributed by atoms with E-state index in [1.165, 1.54) is 16.2 Å². The Balaban J connectivity index is 0.00000176. The molecule has 1 aliphatic rings. The summed E-state index contributed by atoms with van der Waals surface area (Å²) < 4.78 is 13.1. The molecule has 0 heterocycles. The number of ether oxygens (including phenoxy) is 1. The summed E-state index contributed by atoms with van der Waals surface area (Å²) in [4.78, 5) is 35.7. The third-order valence-electron chi connectivity index (χ3n) is 4.93. The van der Waals surface area contributed by atoms with Gasteiger partial charge in [0.05, 0.1) is 0 Å². The van der Waals surface area contributed by atoms with Crippen molar-refractivity contribution < 1.29 is 28.7 Å². The molecular formula is C20H30O6P+. The quantitative estimate of drug-likeness (QED) is 0.171. The molecule has 0 radical (unpaired) electrons. The molecule has 6 nitrogen and oxygen atoms in total. The lowest BCUT2D eigenvalue weighted by Crippen LogP contribution is -2.33. The van der Waals surface area contributed by atoms with Gasteiger partial charge in [-0.1, -0.05) is 35.1 Å². The van der Waals surface area contributed by atoms with Crippen LogP contribution in [0.1, 0.15) is 59.7 Å². The van der Waals surface area contributed by atoms with Crippen molar-refractivity contribution in [2.45, 2.75) is 59.7 Å². The van der Waals surface area contributed by atoms with Crippen LogP contribution in [0.4, 0.5) is 0 Å². The van der Waals surface area contributed by atoms with Crippen LogP contribution in [0.2, 0.25) is 0 Å². The van der Waals surface area contributed by atoms with E-state index < -0.39 is 18.2 Å². The van der Waals surface area contributed by atoms with Gasteiger partial charge in [0, 0.05) is 12.7 Å². The summed E-state index contributed by atoms with van der Waals surface area (Å²) in [5.41, 5.74) is 3.51. The van der Waals surface area contributed by atoms with Crippen molar-refractivity contribution in [2.75, 3.05) is 7.11 Å². The molecule has 1 aromatic rings. The topological polar surface area (TPSA) is 78.9 Å². The number of aryl methyl sites for hydroxylation is 3. The first-order chi connectivity index (χ1) is 12.8. The summed E-state index contributed by atoms with van der Waals surface area (Å²) in [6.07, 6.45) is 3.10. The van der Waals surface area contributed by atoms with Crippen molar-refractivity contribution in [3.8, 4) is 0 Å². The first-order valence-electron chi connectivity index (χ1n) is 9.10. The maximum Gasteiger partial charge on any atom is 0.353 e. The second-order valence-electron chi connectivity index (χ2n) is 6.96. The van der Waals surface area contributed by atoms with E-state index in [4.69, 9.17) is 19.1 Å². The monoisotopic (exact) mass is 397 g/mol. The van der Waals surface area contributed by atoms with E-state index in [1.54, 1.807) is 6.92 Å². The normalized spacial score (nSPS) is 16.2. The fraction of sp³-hybridized carbons (Fsp3) is 0.600. The predicted molar refractivity (Wildman–Crippen MR) is 104 cm³/mol. The van der Waals surface area contributed by atoms with Crippen LogP contribution in [0.5, 0.6) is 0 Å². The van der Waals surface area contributed by atoms with E-state index in [1.807, 2.05) is 32.9 Å². The predicted octanol–water partition coefficient (Wildman–Crippen LogP) is 4.28. The van der Waals surface area contributed by atoms with Crippen molar-refractivity contribution in [3.05, 3.63) is 34.4 Å². The highest BCUT2D eigenvalue weighted by Gasteiger charge is 2.39. The average Bonchev–Trinajstić information content (AvgIpc) is 3.14. The Hall–Kier alpha value is -1.62. The highest BCUT2D eigenvalue weighted by atomic mass is 31.0. The fourth-order valence-corrected chi connectivity index (χ4v) is 3.73. The molecule has 0 aliphatic heterocycles. The van der Waals surface area contributed by atoms with Crippen LogP contribution in [0.15, 0.2) is 12.1 Å². The van der Waals surface area contributed by atoms with Gasteiger partial charge in [0.2, 0.25) is 0 Å². The number of benzene rings is 1. The summed E-state index contributed by atoms with van der Waals surface area (Å²) >= 11 is 0. The Morgan fingerprint density at radius 2 is 1.59 bits per heavy atom. The van der Waals surface area contributed by atoms with Crippen molar-refractivity contribution in [1.29, 1.82) is 0 Å². The zero-order chi connectivity index (χ0) is 20.6. The van der Waals surface area contributed by atoms with Crippen LogP contribution in [-0.2, 0) is 23.9 Å². The number of ketones is 1. The molecule has 27 heavy (non-hydrogen) atoms. The van der Waals surface area contributed by atoms with Gasteiger partial charge >= 0.3 is 15.1 Å². The zero-order valence-corrected chi connectivity index (χ0v) is 17.9. The van der Waals surface area contributed by atoms with Gasteiger partial charge in [-0.2, -0.15) is 4.89 Å². The van der Waals surface area contributed by atoms with Gasteiger partial charge in [-0.25, -0.2) is 4.79 Å². The van der Waals surface area contributed by atoms with Crippen LogP contribution < -0.4 is 0 Å². The standard InChI is InChI=1S/C20H28O5.H2OP/c1-12-10-13(2)17(14(3)11-12)19(21)18(16-8-6-7-9-16)20(22)25-24-15(4)23-5;1-2/h10-11,15-16,18H,6-9H2,1-5H3;2H2/q;+1. The molecule has 0 spiro atoms. The maximum atomic E-state index is 13.3. The molecule has 150 valence electrons. The highest BCUT2D eigenvalue weighted by molar-refractivity contribution is 7.00. The third-order valence-corrected chi connectivity index (χ3v) is 4.93. The van der Waals surface area contributed by atoms with Crippen LogP contribution in [-0.4, -0.2) is 25.2 Å². The summed E-state index contributed by atoms with van der Waals surface area (Å²) in [6, 6.07) is 3.95. The molecule has 1 aromatic carbocycles. The second-order valence-corrected chi connectivity index (χ2v) is 6.96. The van der Waals surface area contributed by atoms with Gasteiger partial charge < -0.3 is 4.74 Å². The van der Waals surface area contributed by atoms with Crippen LogP contribution >= 0.6 is 9.12 Å². The molecule has 0 amide bonds. The Morgan fingerprint density at radius 3 is 2.07 bits per heavy atom. The lowest BCUT2D eigenvalue weighted by Gasteiger charge is -2.22. The second kappa shape index (κ2) is 11.3. The Labute approximate surface area is 163 Å². The lowest BCUT2D eigenvalue weighted by molar-refractivity contribution is -0.344. The minimum Gasteiger partial charge on any atom is -0.352 e. The van der Waals surface area contributed by atoms with Crippen LogP contribution in [0.3, 0.4) is 0 Å². The summed E-state index contributed by atoms with van der Waals surface area (Å²) in [5.74, 6) is -1.62. The summed E-state index contributed by atoms with van der Waals surface area (Å²) in [7, 11) is 2.62. The number of Topliss-reactive ketones (excluding diaryl/α,β-unsaturated/α-hetero) is 1. The van der Waals surface area contributed by atoms with Gasteiger partial charge in [-0.3, -0.25) is 9.68 Å². The van der Waals surface area contributed by atoms with Crippen LogP contribution in [0.25, 0.3) is 0 Å². The van der Waals surface area contributed by atoms with E-state index in [0.717, 1.165) is 42.4 Å². The number of carbonyl (C=O) groups is 2. The molecule has 2 rings (SSSR count). The number of rotatable bonds is 7. The first kappa shape index (κ1) is 23.4. The van der Waals surface area contributed by atoms with Gasteiger partial charge in [-0.15, -0.1) is 0 Å². The molecule has 1 aliphatic carbocycles. The van der Waals surface area contributed by atoms with Crippen molar-refractivity contribution in [2.24, 2.45) is 11.8 Å². The van der Waals surface area contributed by atoms with Gasteiger partial charge in [0.25, 0.3) is 0 Å². The Kier molecular flexibility index (Phi) is 9.78. The molecule has 1 saturated carbocycles. The minimum absolute atomic E-state index is 0.00144. The van der Waals surface area contributed by atoms with E-state index >= 15 is 0 Å². The number of carbonyl (C=O) groups excluding carboxylic acids is 2. The molecule has 0 saturated heterocycles. The molecule has 0 bridgehead atoms. The van der Waals surface area contributed by atoms with Crippen molar-refractivity contribution >= 4 is 20.9 Å². The molecule has 0 aromatic heterocycles. The third kappa shape index (κ3) is 6.20. The van der Waals surface area contributed by atoms with Gasteiger partial charge in [0.15, 0.2) is 12.1 Å². The van der Waals surface area contributed by atoms with E-state index in [-0.39, 0.29) is 11.7 Å². The van der Waals surface area contributed by atoms with Gasteiger partial charge in [0.1, 0.15) is 5.92 Å². The largest absolute Gasteiger partial charge is 0.353 e. The molecular weight excluding hydrogens is 367 g/mol. The molecule has 0 N–H and O–H groups in total. The SMILES string of the molecule is COC(C)OOC(=O)C(C(=O)c1c(C)cc(C)cc1C)C1CCCC1.O=[PH2+]. The molecule has 3 atom stereocenters. The summed E-state index contributed by atoms with van der Waals surface area (Å²) in [5, 5.41) is 0. The first-order valence-corrected chi connectivity index (χ1v) is 9.58. The van der Waals surface area contributed by atoms with E-state index in [2.05, 4.69) is 0 Å². The molecule has 7 heteroatoms. The van der Waals surface area contributed by atoms with Crippen molar-refractivity contribution in [3.63, 3.8) is 0 Å². The number of methoxy groups -OCH3 is 1. The minimum atomic E-state index is -0.827. The highest BCUT2D eigenvalue weighted by Crippen LogP contribution is 2.35. The maximum absolute atomic E-state index is 13.3. The summed E-state index contributed by atoms with van der Waals surface area (Å²) in [6.45, 7) is 7.44. The Bertz CT molecular complexity index is 631. The van der Waals surface area contributed by atoms with Gasteiger partial charge in [-0.05, 0) is 57.6 Å². The van der Waals surface area contributed by atoms with E-state index in [9.17, 15) is 9.59 Å².